The largest absolute Gasteiger partial charge is 0.374 e. The Hall–Kier alpha value is -0.900. The predicted molar refractivity (Wildman–Crippen MR) is 79.2 cm³/mol. The van der Waals surface area contributed by atoms with Crippen LogP contribution in [-0.2, 0) is 22.6 Å². The van der Waals surface area contributed by atoms with E-state index < -0.39 is 0 Å². The Balaban J connectivity index is 2.19. The van der Waals surface area contributed by atoms with E-state index in [0.717, 1.165) is 13.1 Å². The Kier molecular flexibility index (Phi) is 7.06. The lowest BCUT2D eigenvalue weighted by Gasteiger charge is -2.19. The Morgan fingerprint density at radius 3 is 2.21 bits per heavy atom. The molecule has 3 nitrogen and oxygen atoms in total. The first-order chi connectivity index (χ1) is 9.01. The zero-order valence-corrected chi connectivity index (χ0v) is 12.7. The normalized spacial score (nSPS) is 11.8. The Morgan fingerprint density at radius 2 is 1.63 bits per heavy atom. The summed E-state index contributed by atoms with van der Waals surface area (Å²) in [7, 11) is 0. The van der Waals surface area contributed by atoms with Crippen molar-refractivity contribution in [2.45, 2.75) is 46.4 Å². The minimum atomic E-state index is -0.0860. The Labute approximate surface area is 117 Å². The summed E-state index contributed by atoms with van der Waals surface area (Å²) in [5.74, 6) is 0. The van der Waals surface area contributed by atoms with Crippen LogP contribution in [-0.4, -0.2) is 25.4 Å². The molecule has 0 saturated carbocycles. The molecular weight excluding hydrogens is 238 g/mol. The van der Waals surface area contributed by atoms with E-state index in [9.17, 15) is 0 Å². The monoisotopic (exact) mass is 265 g/mol. The highest BCUT2D eigenvalue weighted by molar-refractivity contribution is 5.21. The minimum Gasteiger partial charge on any atom is -0.374 e. The van der Waals surface area contributed by atoms with Crippen molar-refractivity contribution < 1.29 is 9.47 Å². The lowest BCUT2D eigenvalue weighted by atomic mass is 10.1. The van der Waals surface area contributed by atoms with Gasteiger partial charge in [-0.1, -0.05) is 31.2 Å². The molecule has 0 aliphatic heterocycles. The van der Waals surface area contributed by atoms with E-state index in [1.165, 1.54) is 11.1 Å². The van der Waals surface area contributed by atoms with Crippen LogP contribution in [0.1, 0.15) is 38.8 Å². The topological polar surface area (TPSA) is 30.5 Å². The van der Waals surface area contributed by atoms with Gasteiger partial charge in [0.2, 0.25) is 0 Å². The maximum Gasteiger partial charge on any atom is 0.0718 e. The molecule has 0 atom stereocenters. The fraction of sp³-hybridized carbons (Fsp3) is 0.625. The zero-order valence-electron chi connectivity index (χ0n) is 12.7. The number of nitrogens with one attached hydrogen (secondary N) is 1. The van der Waals surface area contributed by atoms with Gasteiger partial charge in [0.25, 0.3) is 0 Å². The summed E-state index contributed by atoms with van der Waals surface area (Å²) in [6, 6.07) is 8.54. The summed E-state index contributed by atoms with van der Waals surface area (Å²) in [5, 5.41) is 3.31. The first-order valence-corrected chi connectivity index (χ1v) is 7.01. The van der Waals surface area contributed by atoms with E-state index in [1.807, 2.05) is 0 Å². The van der Waals surface area contributed by atoms with Crippen molar-refractivity contribution in [1.29, 1.82) is 0 Å². The lowest BCUT2D eigenvalue weighted by Crippen LogP contribution is -2.21. The molecule has 0 fully saturated rings. The highest BCUT2D eigenvalue weighted by Crippen LogP contribution is 2.07. The number of hydrogen-bond donors (Lipinski definition) is 1. The molecular formula is C16H27NO2. The highest BCUT2D eigenvalue weighted by Gasteiger charge is 2.08. The molecule has 3 heteroatoms. The quantitative estimate of drug-likeness (QED) is 0.733. The first-order valence-electron chi connectivity index (χ1n) is 7.01. The molecule has 1 aromatic rings. The van der Waals surface area contributed by atoms with E-state index in [1.54, 1.807) is 0 Å². The van der Waals surface area contributed by atoms with Gasteiger partial charge in [0.1, 0.15) is 0 Å². The molecule has 0 bridgehead atoms. The van der Waals surface area contributed by atoms with Gasteiger partial charge in [0, 0.05) is 6.54 Å². The average Bonchev–Trinajstić information content (AvgIpc) is 2.36. The van der Waals surface area contributed by atoms with E-state index >= 15 is 0 Å². The first kappa shape index (κ1) is 16.2. The van der Waals surface area contributed by atoms with Crippen LogP contribution in [0.5, 0.6) is 0 Å². The van der Waals surface area contributed by atoms with Crippen LogP contribution in [0.4, 0.5) is 0 Å². The van der Waals surface area contributed by atoms with Crippen LogP contribution in [0.25, 0.3) is 0 Å². The maximum atomic E-state index is 5.60. The second-order valence-corrected chi connectivity index (χ2v) is 5.61. The average molecular weight is 265 g/mol. The zero-order chi connectivity index (χ0) is 14.1. The number of rotatable bonds is 8. The Morgan fingerprint density at radius 1 is 1.00 bits per heavy atom. The van der Waals surface area contributed by atoms with Crippen molar-refractivity contribution in [3.63, 3.8) is 0 Å². The molecule has 0 heterocycles. The molecule has 0 spiro atoms. The van der Waals surface area contributed by atoms with Gasteiger partial charge in [-0.3, -0.25) is 0 Å². The molecule has 0 aliphatic carbocycles. The summed E-state index contributed by atoms with van der Waals surface area (Å²) in [6.45, 7) is 12.1. The maximum absolute atomic E-state index is 5.60. The summed E-state index contributed by atoms with van der Waals surface area (Å²) in [4.78, 5) is 0. The second kappa shape index (κ2) is 8.31. The molecule has 0 aromatic heterocycles. The highest BCUT2D eigenvalue weighted by atomic mass is 16.5. The van der Waals surface area contributed by atoms with Crippen LogP contribution in [0.2, 0.25) is 0 Å². The minimum absolute atomic E-state index is 0.0860. The van der Waals surface area contributed by atoms with Crippen molar-refractivity contribution in [2.75, 3.05) is 19.8 Å². The van der Waals surface area contributed by atoms with Crippen LogP contribution in [0.15, 0.2) is 24.3 Å². The van der Waals surface area contributed by atoms with E-state index in [-0.39, 0.29) is 5.60 Å². The summed E-state index contributed by atoms with van der Waals surface area (Å²) in [6.07, 6.45) is 0. The standard InChI is InChI=1S/C16H27NO2/c1-5-17-12-14-6-8-15(9-7-14)13-18-10-11-19-16(2,3)4/h6-9,17H,5,10-13H2,1-4H3. The van der Waals surface area contributed by atoms with Crippen LogP contribution < -0.4 is 5.32 Å². The van der Waals surface area contributed by atoms with Gasteiger partial charge in [-0.2, -0.15) is 0 Å². The van der Waals surface area contributed by atoms with Crippen LogP contribution in [0.3, 0.4) is 0 Å². The molecule has 0 saturated heterocycles. The number of hydrogen-bond acceptors (Lipinski definition) is 3. The third-order valence-corrected chi connectivity index (χ3v) is 2.63. The lowest BCUT2D eigenvalue weighted by molar-refractivity contribution is -0.0376. The fourth-order valence-corrected chi connectivity index (χ4v) is 1.62. The van der Waals surface area contributed by atoms with Gasteiger partial charge < -0.3 is 14.8 Å². The molecule has 0 radical (unpaired) electrons. The van der Waals surface area contributed by atoms with Crippen molar-refractivity contribution >= 4 is 0 Å². The van der Waals surface area contributed by atoms with E-state index in [0.29, 0.717) is 19.8 Å². The second-order valence-electron chi connectivity index (χ2n) is 5.61. The molecule has 108 valence electrons. The summed E-state index contributed by atoms with van der Waals surface area (Å²) in [5.41, 5.74) is 2.43. The summed E-state index contributed by atoms with van der Waals surface area (Å²) < 4.78 is 11.2. The van der Waals surface area contributed by atoms with Crippen molar-refractivity contribution in [1.82, 2.24) is 5.32 Å². The predicted octanol–water partition coefficient (Wildman–Crippen LogP) is 3.13. The smallest absolute Gasteiger partial charge is 0.0718 e. The fourth-order valence-electron chi connectivity index (χ4n) is 1.62. The van der Waals surface area contributed by atoms with Gasteiger partial charge in [0.05, 0.1) is 25.4 Å². The summed E-state index contributed by atoms with van der Waals surface area (Å²) >= 11 is 0. The van der Waals surface area contributed by atoms with Crippen molar-refractivity contribution in [3.8, 4) is 0 Å². The van der Waals surface area contributed by atoms with Gasteiger partial charge >= 0.3 is 0 Å². The molecule has 0 amide bonds. The van der Waals surface area contributed by atoms with E-state index in [2.05, 4.69) is 57.3 Å². The molecule has 1 N–H and O–H groups in total. The molecule has 0 unspecified atom stereocenters. The third kappa shape index (κ3) is 7.98. The van der Waals surface area contributed by atoms with Gasteiger partial charge in [-0.15, -0.1) is 0 Å². The Bertz CT molecular complexity index is 341. The molecule has 0 aliphatic rings. The van der Waals surface area contributed by atoms with Crippen molar-refractivity contribution in [3.05, 3.63) is 35.4 Å². The number of benzene rings is 1. The SMILES string of the molecule is CCNCc1ccc(COCCOC(C)(C)C)cc1. The molecule has 1 rings (SSSR count). The molecule has 1 aromatic carbocycles. The third-order valence-electron chi connectivity index (χ3n) is 2.63. The van der Waals surface area contributed by atoms with Gasteiger partial charge in [-0.05, 0) is 38.4 Å². The van der Waals surface area contributed by atoms with Crippen molar-refractivity contribution in [2.24, 2.45) is 0 Å². The number of ether oxygens (including phenoxy) is 2. The molecule has 19 heavy (non-hydrogen) atoms. The van der Waals surface area contributed by atoms with Crippen LogP contribution in [0, 0.1) is 0 Å². The van der Waals surface area contributed by atoms with E-state index in [4.69, 9.17) is 9.47 Å². The van der Waals surface area contributed by atoms with Crippen LogP contribution >= 0.6 is 0 Å². The van der Waals surface area contributed by atoms with Gasteiger partial charge in [0.15, 0.2) is 0 Å². The van der Waals surface area contributed by atoms with Gasteiger partial charge in [-0.25, -0.2) is 0 Å².